The molecule has 1 heterocycles. The van der Waals surface area contributed by atoms with E-state index in [2.05, 4.69) is 17.4 Å². The fraction of sp³-hybridized carbons (Fsp3) is 0.174. The number of hydrogen-bond donors (Lipinski definition) is 1. The summed E-state index contributed by atoms with van der Waals surface area (Å²) in [4.78, 5) is 14.7. The van der Waals surface area contributed by atoms with Gasteiger partial charge in [0.2, 0.25) is 0 Å². The second-order valence-corrected chi connectivity index (χ2v) is 6.60. The lowest BCUT2D eigenvalue weighted by Gasteiger charge is -2.28. The predicted molar refractivity (Wildman–Crippen MR) is 107 cm³/mol. The highest BCUT2D eigenvalue weighted by Crippen LogP contribution is 2.25. The third kappa shape index (κ3) is 4.01. The lowest BCUT2D eigenvalue weighted by Crippen LogP contribution is -2.42. The summed E-state index contributed by atoms with van der Waals surface area (Å²) >= 11 is 0. The molecular weight excluding hydrogens is 336 g/mol. The van der Waals surface area contributed by atoms with Crippen LogP contribution < -0.4 is 10.2 Å². The molecule has 1 N–H and O–H groups in total. The Morgan fingerprint density at radius 3 is 2.04 bits per heavy atom. The SMILES string of the molecule is O=C(NCC1Cc2ccccc2CO1)N(c1ccccc1)c1ccccc1. The molecule has 4 rings (SSSR count). The lowest BCUT2D eigenvalue weighted by molar-refractivity contribution is 0.0307. The van der Waals surface area contributed by atoms with Gasteiger partial charge in [-0.1, -0.05) is 60.7 Å². The quantitative estimate of drug-likeness (QED) is 0.736. The minimum atomic E-state index is -0.158. The lowest BCUT2D eigenvalue weighted by atomic mass is 9.99. The molecular formula is C23H22N2O2. The summed E-state index contributed by atoms with van der Waals surface area (Å²) in [5.41, 5.74) is 4.19. The summed E-state index contributed by atoms with van der Waals surface area (Å²) in [7, 11) is 0. The van der Waals surface area contributed by atoms with E-state index in [1.807, 2.05) is 72.8 Å². The van der Waals surface area contributed by atoms with Crippen molar-refractivity contribution in [1.82, 2.24) is 5.32 Å². The van der Waals surface area contributed by atoms with E-state index in [0.717, 1.165) is 17.8 Å². The van der Waals surface area contributed by atoms with Crippen LogP contribution in [0.2, 0.25) is 0 Å². The first-order chi connectivity index (χ1) is 13.3. The van der Waals surface area contributed by atoms with E-state index in [4.69, 9.17) is 4.74 Å². The van der Waals surface area contributed by atoms with Crippen LogP contribution in [0.3, 0.4) is 0 Å². The van der Waals surface area contributed by atoms with Crippen LogP contribution in [0, 0.1) is 0 Å². The van der Waals surface area contributed by atoms with Gasteiger partial charge in [-0.25, -0.2) is 4.79 Å². The third-order valence-electron chi connectivity index (χ3n) is 4.75. The number of rotatable bonds is 4. The summed E-state index contributed by atoms with van der Waals surface area (Å²) in [5.74, 6) is 0. The van der Waals surface area contributed by atoms with Gasteiger partial charge in [0.15, 0.2) is 0 Å². The van der Waals surface area contributed by atoms with Crippen LogP contribution in [0.1, 0.15) is 11.1 Å². The Morgan fingerprint density at radius 2 is 1.41 bits per heavy atom. The molecule has 4 nitrogen and oxygen atoms in total. The largest absolute Gasteiger partial charge is 0.371 e. The number of amides is 2. The maximum Gasteiger partial charge on any atom is 0.326 e. The first-order valence-electron chi connectivity index (χ1n) is 9.18. The molecule has 1 aliphatic heterocycles. The zero-order valence-electron chi connectivity index (χ0n) is 15.0. The number of carbonyl (C=O) groups is 1. The Balaban J connectivity index is 1.47. The Labute approximate surface area is 159 Å². The van der Waals surface area contributed by atoms with Crippen molar-refractivity contribution in [2.45, 2.75) is 19.1 Å². The molecule has 0 fully saturated rings. The van der Waals surface area contributed by atoms with E-state index in [1.54, 1.807) is 4.90 Å². The van der Waals surface area contributed by atoms with Crippen LogP contribution in [0.25, 0.3) is 0 Å². The van der Waals surface area contributed by atoms with E-state index in [9.17, 15) is 4.79 Å². The minimum absolute atomic E-state index is 0.0164. The van der Waals surface area contributed by atoms with Gasteiger partial charge in [-0.3, -0.25) is 4.90 Å². The van der Waals surface area contributed by atoms with Crippen molar-refractivity contribution in [3.05, 3.63) is 96.1 Å². The van der Waals surface area contributed by atoms with Crippen LogP contribution in [-0.4, -0.2) is 18.7 Å². The molecule has 1 atom stereocenters. The van der Waals surface area contributed by atoms with E-state index >= 15 is 0 Å². The molecule has 27 heavy (non-hydrogen) atoms. The van der Waals surface area contributed by atoms with Crippen molar-refractivity contribution in [3.63, 3.8) is 0 Å². The minimum Gasteiger partial charge on any atom is -0.371 e. The predicted octanol–water partition coefficient (Wildman–Crippen LogP) is 4.68. The van der Waals surface area contributed by atoms with E-state index < -0.39 is 0 Å². The van der Waals surface area contributed by atoms with Gasteiger partial charge in [-0.05, 0) is 35.4 Å². The summed E-state index contributed by atoms with van der Waals surface area (Å²) in [6.07, 6.45) is 0.796. The number of anilines is 2. The van der Waals surface area contributed by atoms with Crippen LogP contribution in [0.5, 0.6) is 0 Å². The van der Waals surface area contributed by atoms with E-state index in [0.29, 0.717) is 13.2 Å². The van der Waals surface area contributed by atoms with Crippen LogP contribution in [-0.2, 0) is 17.8 Å². The monoisotopic (exact) mass is 358 g/mol. The van der Waals surface area contributed by atoms with Crippen molar-refractivity contribution in [1.29, 1.82) is 0 Å². The van der Waals surface area contributed by atoms with Crippen molar-refractivity contribution < 1.29 is 9.53 Å². The van der Waals surface area contributed by atoms with E-state index in [-0.39, 0.29) is 12.1 Å². The van der Waals surface area contributed by atoms with Gasteiger partial charge >= 0.3 is 6.03 Å². The number of nitrogens with zero attached hydrogens (tertiary/aromatic N) is 1. The standard InChI is InChI=1S/C23H22N2O2/c26-23(24-16-22-15-18-9-7-8-10-19(18)17-27-22)25(20-11-3-1-4-12-20)21-13-5-2-6-14-21/h1-14,22H,15-17H2,(H,24,26). The number of hydrogen-bond acceptors (Lipinski definition) is 2. The molecule has 0 saturated carbocycles. The average molecular weight is 358 g/mol. The van der Waals surface area contributed by atoms with Gasteiger partial charge in [0.25, 0.3) is 0 Å². The first-order valence-corrected chi connectivity index (χ1v) is 9.18. The molecule has 1 aliphatic rings. The number of nitrogens with one attached hydrogen (secondary N) is 1. The van der Waals surface area contributed by atoms with Gasteiger partial charge in [0.1, 0.15) is 0 Å². The number of benzene rings is 3. The zero-order valence-corrected chi connectivity index (χ0v) is 15.0. The average Bonchev–Trinajstić information content (AvgIpc) is 2.74. The Bertz CT molecular complexity index is 857. The molecule has 2 amide bonds. The third-order valence-corrected chi connectivity index (χ3v) is 4.75. The smallest absolute Gasteiger partial charge is 0.326 e. The summed E-state index contributed by atoms with van der Waals surface area (Å²) in [6, 6.07) is 27.5. The molecule has 0 radical (unpaired) electrons. The Kier molecular flexibility index (Phi) is 5.17. The van der Waals surface area contributed by atoms with E-state index in [1.165, 1.54) is 11.1 Å². The molecule has 0 aromatic heterocycles. The molecule has 1 unspecified atom stereocenters. The number of carbonyl (C=O) groups excluding carboxylic acids is 1. The second kappa shape index (κ2) is 8.06. The molecule has 0 saturated heterocycles. The Hall–Kier alpha value is -3.11. The fourth-order valence-electron chi connectivity index (χ4n) is 3.36. The molecule has 3 aromatic rings. The maximum absolute atomic E-state index is 13.0. The normalized spacial score (nSPS) is 15.6. The van der Waals surface area contributed by atoms with Crippen molar-refractivity contribution >= 4 is 17.4 Å². The fourth-order valence-corrected chi connectivity index (χ4v) is 3.36. The van der Waals surface area contributed by atoms with Gasteiger partial charge < -0.3 is 10.1 Å². The highest BCUT2D eigenvalue weighted by Gasteiger charge is 2.22. The van der Waals surface area contributed by atoms with Crippen LogP contribution >= 0.6 is 0 Å². The second-order valence-electron chi connectivity index (χ2n) is 6.60. The molecule has 136 valence electrons. The van der Waals surface area contributed by atoms with Gasteiger partial charge in [0, 0.05) is 13.0 Å². The number of ether oxygens (including phenoxy) is 1. The molecule has 0 aliphatic carbocycles. The number of urea groups is 1. The van der Waals surface area contributed by atoms with Gasteiger partial charge in [-0.2, -0.15) is 0 Å². The highest BCUT2D eigenvalue weighted by molar-refractivity contribution is 5.99. The topological polar surface area (TPSA) is 41.6 Å². The molecule has 0 bridgehead atoms. The Morgan fingerprint density at radius 1 is 0.852 bits per heavy atom. The van der Waals surface area contributed by atoms with Crippen molar-refractivity contribution in [2.75, 3.05) is 11.4 Å². The summed E-state index contributed by atoms with van der Waals surface area (Å²) < 4.78 is 5.91. The molecule has 3 aromatic carbocycles. The van der Waals surface area contributed by atoms with Crippen molar-refractivity contribution in [3.8, 4) is 0 Å². The first kappa shape index (κ1) is 17.3. The van der Waals surface area contributed by atoms with Gasteiger partial charge in [0.05, 0.1) is 24.1 Å². The molecule has 4 heteroatoms. The maximum atomic E-state index is 13.0. The van der Waals surface area contributed by atoms with Crippen LogP contribution in [0.4, 0.5) is 16.2 Å². The summed E-state index contributed by atoms with van der Waals surface area (Å²) in [6.45, 7) is 1.07. The molecule has 0 spiro atoms. The van der Waals surface area contributed by atoms with Gasteiger partial charge in [-0.15, -0.1) is 0 Å². The van der Waals surface area contributed by atoms with Crippen LogP contribution in [0.15, 0.2) is 84.9 Å². The zero-order chi connectivity index (χ0) is 18.5. The highest BCUT2D eigenvalue weighted by atomic mass is 16.5. The van der Waals surface area contributed by atoms with Crippen molar-refractivity contribution in [2.24, 2.45) is 0 Å². The summed E-state index contributed by atoms with van der Waals surface area (Å²) in [5, 5.41) is 3.04. The number of para-hydroxylation sites is 2. The number of fused-ring (bicyclic) bond motifs is 1.